The Hall–Kier alpha value is -2.88. The zero-order valence-electron chi connectivity index (χ0n) is 14.9. The van der Waals surface area contributed by atoms with Crippen LogP contribution in [0.5, 0.6) is 0 Å². The highest BCUT2D eigenvalue weighted by atomic mass is 16.2. The van der Waals surface area contributed by atoms with Gasteiger partial charge in [0, 0.05) is 11.8 Å². The topological polar surface area (TPSA) is 58.2 Å². The van der Waals surface area contributed by atoms with Gasteiger partial charge in [0.15, 0.2) is 0 Å². The van der Waals surface area contributed by atoms with Crippen LogP contribution in [-0.4, -0.2) is 18.4 Å². The second-order valence-electron chi connectivity index (χ2n) is 5.97. The van der Waals surface area contributed by atoms with E-state index in [1.807, 2.05) is 57.2 Å². The van der Waals surface area contributed by atoms with Gasteiger partial charge in [0.2, 0.25) is 11.8 Å². The number of anilines is 1. The molecule has 0 heterocycles. The Balaban J connectivity index is 1.87. The van der Waals surface area contributed by atoms with Crippen molar-refractivity contribution in [2.75, 3.05) is 11.9 Å². The minimum absolute atomic E-state index is 0.0614. The van der Waals surface area contributed by atoms with Crippen LogP contribution in [0, 0.1) is 13.8 Å². The SMILES string of the molecule is CCc1ccccc1NC(=O)CNC(=O)/C=C/c1ccc(C)cc1C. The van der Waals surface area contributed by atoms with Crippen LogP contribution in [-0.2, 0) is 16.0 Å². The maximum absolute atomic E-state index is 12.0. The van der Waals surface area contributed by atoms with E-state index in [4.69, 9.17) is 0 Å². The van der Waals surface area contributed by atoms with Crippen LogP contribution in [0.4, 0.5) is 5.69 Å². The van der Waals surface area contributed by atoms with Crippen LogP contribution in [0.15, 0.2) is 48.5 Å². The number of rotatable bonds is 6. The number of para-hydroxylation sites is 1. The molecule has 0 bridgehead atoms. The molecule has 2 amide bonds. The average molecular weight is 336 g/mol. The molecule has 0 aliphatic rings. The predicted molar refractivity (Wildman–Crippen MR) is 102 cm³/mol. The molecule has 2 aromatic rings. The van der Waals surface area contributed by atoms with Crippen molar-refractivity contribution in [1.82, 2.24) is 5.32 Å². The van der Waals surface area contributed by atoms with Crippen LogP contribution in [0.2, 0.25) is 0 Å². The zero-order chi connectivity index (χ0) is 18.2. The van der Waals surface area contributed by atoms with Gasteiger partial charge in [-0.15, -0.1) is 0 Å². The van der Waals surface area contributed by atoms with Crippen LogP contribution in [0.1, 0.15) is 29.2 Å². The molecule has 130 valence electrons. The van der Waals surface area contributed by atoms with Gasteiger partial charge in [-0.3, -0.25) is 9.59 Å². The fourth-order valence-corrected chi connectivity index (χ4v) is 2.55. The molecular formula is C21H24N2O2. The maximum Gasteiger partial charge on any atom is 0.244 e. The van der Waals surface area contributed by atoms with Crippen molar-refractivity contribution in [2.24, 2.45) is 0 Å². The Labute approximate surface area is 149 Å². The molecule has 0 aliphatic carbocycles. The first kappa shape index (κ1) is 18.5. The largest absolute Gasteiger partial charge is 0.343 e. The molecule has 2 aromatic carbocycles. The first-order valence-electron chi connectivity index (χ1n) is 8.40. The van der Waals surface area contributed by atoms with E-state index < -0.39 is 0 Å². The van der Waals surface area contributed by atoms with E-state index >= 15 is 0 Å². The summed E-state index contributed by atoms with van der Waals surface area (Å²) in [5.41, 5.74) is 5.13. The summed E-state index contributed by atoms with van der Waals surface area (Å²) in [6.45, 7) is 6.00. The van der Waals surface area contributed by atoms with Crippen molar-refractivity contribution >= 4 is 23.6 Å². The highest BCUT2D eigenvalue weighted by Crippen LogP contribution is 2.15. The molecule has 4 nitrogen and oxygen atoms in total. The number of hydrogen-bond acceptors (Lipinski definition) is 2. The lowest BCUT2D eigenvalue weighted by Crippen LogP contribution is -2.31. The highest BCUT2D eigenvalue weighted by Gasteiger charge is 2.06. The monoisotopic (exact) mass is 336 g/mol. The lowest BCUT2D eigenvalue weighted by Gasteiger charge is -2.09. The van der Waals surface area contributed by atoms with Gasteiger partial charge in [0.1, 0.15) is 0 Å². The molecule has 0 atom stereocenters. The van der Waals surface area contributed by atoms with Crippen molar-refractivity contribution < 1.29 is 9.59 Å². The third-order valence-corrected chi connectivity index (χ3v) is 3.94. The van der Waals surface area contributed by atoms with Crippen molar-refractivity contribution in [3.63, 3.8) is 0 Å². The van der Waals surface area contributed by atoms with E-state index in [9.17, 15) is 9.59 Å². The second-order valence-corrected chi connectivity index (χ2v) is 5.97. The number of aryl methyl sites for hydroxylation is 3. The molecule has 0 fully saturated rings. The standard InChI is InChI=1S/C21H24N2O2/c1-4-17-7-5-6-8-19(17)23-21(25)14-22-20(24)12-11-18-10-9-15(2)13-16(18)3/h5-13H,4,14H2,1-3H3,(H,22,24)(H,23,25)/b12-11+. The third-order valence-electron chi connectivity index (χ3n) is 3.94. The van der Waals surface area contributed by atoms with Gasteiger partial charge < -0.3 is 10.6 Å². The molecule has 2 N–H and O–H groups in total. The van der Waals surface area contributed by atoms with Gasteiger partial charge >= 0.3 is 0 Å². The van der Waals surface area contributed by atoms with Gasteiger partial charge in [-0.25, -0.2) is 0 Å². The predicted octanol–water partition coefficient (Wildman–Crippen LogP) is 3.63. The molecule has 2 rings (SSSR count). The summed E-state index contributed by atoms with van der Waals surface area (Å²) >= 11 is 0. The van der Waals surface area contributed by atoms with Crippen molar-refractivity contribution in [3.8, 4) is 0 Å². The summed E-state index contributed by atoms with van der Waals surface area (Å²) < 4.78 is 0. The smallest absolute Gasteiger partial charge is 0.244 e. The number of nitrogens with one attached hydrogen (secondary N) is 2. The number of carbonyl (C=O) groups is 2. The first-order valence-corrected chi connectivity index (χ1v) is 8.40. The van der Waals surface area contributed by atoms with Crippen LogP contribution in [0.25, 0.3) is 6.08 Å². The first-order chi connectivity index (χ1) is 12.0. The molecule has 0 spiro atoms. The maximum atomic E-state index is 12.0. The van der Waals surface area contributed by atoms with Gasteiger partial charge in [-0.2, -0.15) is 0 Å². The molecule has 0 aliphatic heterocycles. The van der Waals surface area contributed by atoms with Gasteiger partial charge in [-0.1, -0.05) is 48.9 Å². The third kappa shape index (κ3) is 5.60. The summed E-state index contributed by atoms with van der Waals surface area (Å²) in [6.07, 6.45) is 4.04. The summed E-state index contributed by atoms with van der Waals surface area (Å²) in [6, 6.07) is 13.7. The van der Waals surface area contributed by atoms with E-state index in [0.29, 0.717) is 0 Å². The van der Waals surface area contributed by atoms with Crippen LogP contribution >= 0.6 is 0 Å². The number of hydrogen-bond donors (Lipinski definition) is 2. The lowest BCUT2D eigenvalue weighted by molar-refractivity contribution is -0.121. The fourth-order valence-electron chi connectivity index (χ4n) is 2.55. The Kier molecular flexibility index (Phi) is 6.52. The van der Waals surface area contributed by atoms with Gasteiger partial charge in [0.25, 0.3) is 0 Å². The van der Waals surface area contributed by atoms with Crippen molar-refractivity contribution in [3.05, 3.63) is 70.8 Å². The van der Waals surface area contributed by atoms with Crippen LogP contribution in [0.3, 0.4) is 0 Å². The van der Waals surface area contributed by atoms with Gasteiger partial charge in [0.05, 0.1) is 6.54 Å². The molecule has 0 saturated carbocycles. The minimum atomic E-state index is -0.293. The van der Waals surface area contributed by atoms with E-state index in [2.05, 4.69) is 16.7 Å². The molecule has 0 radical (unpaired) electrons. The molecule has 4 heteroatoms. The average Bonchev–Trinajstić information content (AvgIpc) is 2.59. The normalized spacial score (nSPS) is 10.7. The quantitative estimate of drug-likeness (QED) is 0.791. The highest BCUT2D eigenvalue weighted by molar-refractivity contribution is 5.98. The van der Waals surface area contributed by atoms with E-state index in [1.54, 1.807) is 6.08 Å². The number of amides is 2. The molecule has 0 unspecified atom stereocenters. The zero-order valence-corrected chi connectivity index (χ0v) is 14.9. The summed E-state index contributed by atoms with van der Waals surface area (Å²) in [5, 5.41) is 5.43. The van der Waals surface area contributed by atoms with Crippen molar-refractivity contribution in [2.45, 2.75) is 27.2 Å². The summed E-state index contributed by atoms with van der Waals surface area (Å²) in [4.78, 5) is 23.9. The molecule has 0 saturated heterocycles. The van der Waals surface area contributed by atoms with E-state index in [1.165, 1.54) is 11.6 Å². The molecular weight excluding hydrogens is 312 g/mol. The Morgan fingerprint density at radius 3 is 2.56 bits per heavy atom. The fraction of sp³-hybridized carbons (Fsp3) is 0.238. The summed E-state index contributed by atoms with van der Waals surface area (Å²) in [7, 11) is 0. The Morgan fingerprint density at radius 1 is 1.08 bits per heavy atom. The molecule has 25 heavy (non-hydrogen) atoms. The van der Waals surface area contributed by atoms with Crippen LogP contribution < -0.4 is 10.6 Å². The number of benzene rings is 2. The number of carbonyl (C=O) groups excluding carboxylic acids is 2. The minimum Gasteiger partial charge on any atom is -0.343 e. The summed E-state index contributed by atoms with van der Waals surface area (Å²) in [5.74, 6) is -0.534. The van der Waals surface area contributed by atoms with E-state index in [-0.39, 0.29) is 18.4 Å². The Bertz CT molecular complexity index is 794. The van der Waals surface area contributed by atoms with Gasteiger partial charge in [-0.05, 0) is 49.1 Å². The second kappa shape index (κ2) is 8.83. The lowest BCUT2D eigenvalue weighted by atomic mass is 10.1. The van der Waals surface area contributed by atoms with E-state index in [0.717, 1.165) is 28.8 Å². The van der Waals surface area contributed by atoms with Crippen molar-refractivity contribution in [1.29, 1.82) is 0 Å². The Morgan fingerprint density at radius 2 is 1.84 bits per heavy atom. The molecule has 0 aromatic heterocycles.